The second kappa shape index (κ2) is 8.71. The highest BCUT2D eigenvalue weighted by atomic mass is 16.3. The second-order valence-corrected chi connectivity index (χ2v) is 7.60. The minimum absolute atomic E-state index is 0.0112. The van der Waals surface area contributed by atoms with Gasteiger partial charge in [-0.1, -0.05) is 0 Å². The van der Waals surface area contributed by atoms with E-state index in [9.17, 15) is 30.6 Å². The number of rotatable bonds is 7. The molecule has 0 atom stereocenters. The highest BCUT2D eigenvalue weighted by Crippen LogP contribution is 2.52. The van der Waals surface area contributed by atoms with Crippen LogP contribution in [0.5, 0.6) is 34.5 Å². The molecule has 172 valence electrons. The number of hydrogen-bond donors (Lipinski definition) is 9. The number of nitrogens with one attached hydrogen (secondary N) is 2. The van der Waals surface area contributed by atoms with E-state index in [1.165, 1.54) is 42.5 Å². The Kier molecular flexibility index (Phi) is 5.80. The van der Waals surface area contributed by atoms with Gasteiger partial charge in [-0.2, -0.15) is 0 Å². The van der Waals surface area contributed by atoms with Gasteiger partial charge in [-0.3, -0.25) is 0 Å². The molecule has 4 rings (SSSR count). The van der Waals surface area contributed by atoms with Crippen molar-refractivity contribution in [3.63, 3.8) is 0 Å². The smallest absolute Gasteiger partial charge is 0.137 e. The molecule has 9 heteroatoms. The summed E-state index contributed by atoms with van der Waals surface area (Å²) in [4.78, 5) is 0. The summed E-state index contributed by atoms with van der Waals surface area (Å²) in [5.74, 6) is -1.18. The van der Waals surface area contributed by atoms with E-state index in [0.717, 1.165) is 0 Å². The molecule has 0 bridgehead atoms. The Labute approximate surface area is 188 Å². The van der Waals surface area contributed by atoms with Crippen LogP contribution in [0.4, 0.5) is 11.4 Å². The van der Waals surface area contributed by atoms with E-state index in [4.69, 9.17) is 5.11 Å². The lowest BCUT2D eigenvalue weighted by molar-refractivity contribution is 0.311. The van der Waals surface area contributed by atoms with Gasteiger partial charge in [-0.05, 0) is 54.4 Å². The SMILES string of the molecule is OCCNc1ccc(O)c2c(O)c3c(NCCc4cc(O)ccc4O)ccc(O)c3c(O)c12. The molecule has 0 aliphatic rings. The number of aliphatic hydroxyl groups is 1. The molecule has 0 aromatic heterocycles. The fourth-order valence-electron chi connectivity index (χ4n) is 3.99. The van der Waals surface area contributed by atoms with Crippen LogP contribution < -0.4 is 10.6 Å². The van der Waals surface area contributed by atoms with Gasteiger partial charge in [-0.25, -0.2) is 0 Å². The van der Waals surface area contributed by atoms with Gasteiger partial charge in [0.2, 0.25) is 0 Å². The van der Waals surface area contributed by atoms with E-state index in [-0.39, 0.29) is 69.2 Å². The average molecular weight is 452 g/mol. The Morgan fingerprint density at radius 2 is 1.09 bits per heavy atom. The van der Waals surface area contributed by atoms with Crippen LogP contribution in [-0.2, 0) is 6.42 Å². The Morgan fingerprint density at radius 3 is 1.64 bits per heavy atom. The molecule has 0 radical (unpaired) electrons. The zero-order valence-electron chi connectivity index (χ0n) is 17.5. The first-order chi connectivity index (χ1) is 15.8. The van der Waals surface area contributed by atoms with Crippen LogP contribution in [0.15, 0.2) is 42.5 Å². The number of aliphatic hydroxyl groups excluding tert-OH is 1. The number of hydrogen-bond acceptors (Lipinski definition) is 9. The summed E-state index contributed by atoms with van der Waals surface area (Å²) in [6.45, 7) is 0.295. The van der Waals surface area contributed by atoms with Gasteiger partial charge < -0.3 is 46.4 Å². The number of phenolic OH excluding ortho intramolecular Hbond substituents is 6. The number of benzene rings is 4. The van der Waals surface area contributed by atoms with Crippen molar-refractivity contribution in [3.8, 4) is 34.5 Å². The van der Waals surface area contributed by atoms with Crippen molar-refractivity contribution < 1.29 is 35.7 Å². The normalized spacial score (nSPS) is 11.2. The van der Waals surface area contributed by atoms with Gasteiger partial charge in [0.15, 0.2) is 0 Å². The maximum Gasteiger partial charge on any atom is 0.137 e. The molecule has 0 amide bonds. The van der Waals surface area contributed by atoms with E-state index in [0.29, 0.717) is 29.9 Å². The minimum atomic E-state index is -0.346. The number of aromatic hydroxyl groups is 6. The minimum Gasteiger partial charge on any atom is -0.508 e. The highest BCUT2D eigenvalue weighted by molar-refractivity contribution is 6.20. The van der Waals surface area contributed by atoms with Crippen molar-refractivity contribution in [2.75, 3.05) is 30.3 Å². The van der Waals surface area contributed by atoms with E-state index in [2.05, 4.69) is 10.6 Å². The fraction of sp³-hybridized carbons (Fsp3) is 0.167. The zero-order chi connectivity index (χ0) is 23.7. The number of anilines is 2. The summed E-state index contributed by atoms with van der Waals surface area (Å²) in [6, 6.07) is 9.96. The van der Waals surface area contributed by atoms with Gasteiger partial charge in [0.05, 0.1) is 28.2 Å². The van der Waals surface area contributed by atoms with Crippen LogP contribution in [0.1, 0.15) is 5.56 Å². The summed E-state index contributed by atoms with van der Waals surface area (Å²) >= 11 is 0. The third kappa shape index (κ3) is 3.90. The summed E-state index contributed by atoms with van der Waals surface area (Å²) in [6.07, 6.45) is 0.337. The lowest BCUT2D eigenvalue weighted by Crippen LogP contribution is -2.06. The second-order valence-electron chi connectivity index (χ2n) is 7.60. The number of phenols is 6. The van der Waals surface area contributed by atoms with E-state index < -0.39 is 0 Å². The predicted octanol–water partition coefficient (Wildman–Crippen LogP) is 3.29. The Bertz CT molecular complexity index is 1350. The fourth-order valence-corrected chi connectivity index (χ4v) is 3.99. The van der Waals surface area contributed by atoms with Gasteiger partial charge in [0.25, 0.3) is 0 Å². The van der Waals surface area contributed by atoms with E-state index in [1.54, 1.807) is 0 Å². The van der Waals surface area contributed by atoms with Crippen LogP contribution in [-0.4, -0.2) is 55.4 Å². The first-order valence-electron chi connectivity index (χ1n) is 10.3. The molecule has 0 aliphatic heterocycles. The zero-order valence-corrected chi connectivity index (χ0v) is 17.5. The average Bonchev–Trinajstić information content (AvgIpc) is 2.79. The molecular formula is C24H24N2O7. The topological polar surface area (TPSA) is 166 Å². The molecule has 33 heavy (non-hydrogen) atoms. The molecule has 4 aromatic carbocycles. The Balaban J connectivity index is 1.82. The quantitative estimate of drug-likeness (QED) is 0.151. The molecule has 0 fully saturated rings. The van der Waals surface area contributed by atoms with Crippen molar-refractivity contribution in [1.82, 2.24) is 0 Å². The molecule has 0 aliphatic carbocycles. The van der Waals surface area contributed by atoms with Crippen LogP contribution in [0, 0.1) is 0 Å². The lowest BCUT2D eigenvalue weighted by Gasteiger charge is -2.18. The first kappa shape index (κ1) is 22.0. The third-order valence-electron chi connectivity index (χ3n) is 5.51. The Hall–Kier alpha value is -4.24. The first-order valence-corrected chi connectivity index (χ1v) is 10.3. The molecule has 0 saturated carbocycles. The predicted molar refractivity (Wildman–Crippen MR) is 126 cm³/mol. The van der Waals surface area contributed by atoms with E-state index in [1.807, 2.05) is 0 Å². The Morgan fingerprint density at radius 1 is 0.576 bits per heavy atom. The molecule has 4 aromatic rings. The van der Waals surface area contributed by atoms with Crippen LogP contribution in [0.25, 0.3) is 21.5 Å². The standard InChI is InChI=1S/C24H24N2O7/c27-10-9-26-15-3-6-18(31)22-20(15)24(33)21-17(30)5-2-14(19(21)23(22)32)25-8-7-12-11-13(28)1-4-16(12)29/h1-6,11,25-33H,7-10H2. The molecule has 0 saturated heterocycles. The van der Waals surface area contributed by atoms with Crippen LogP contribution in [0.3, 0.4) is 0 Å². The van der Waals surface area contributed by atoms with Crippen molar-refractivity contribution in [2.24, 2.45) is 0 Å². The third-order valence-corrected chi connectivity index (χ3v) is 5.51. The van der Waals surface area contributed by atoms with Crippen molar-refractivity contribution in [3.05, 3.63) is 48.0 Å². The van der Waals surface area contributed by atoms with Gasteiger partial charge in [0.1, 0.15) is 34.5 Å². The van der Waals surface area contributed by atoms with Gasteiger partial charge >= 0.3 is 0 Å². The molecule has 9 N–H and O–H groups in total. The molecule has 0 spiro atoms. The summed E-state index contributed by atoms with van der Waals surface area (Å²) < 4.78 is 0. The largest absolute Gasteiger partial charge is 0.508 e. The molecule has 0 heterocycles. The highest BCUT2D eigenvalue weighted by Gasteiger charge is 2.23. The van der Waals surface area contributed by atoms with Gasteiger partial charge in [-0.15, -0.1) is 0 Å². The van der Waals surface area contributed by atoms with Crippen LogP contribution in [0.2, 0.25) is 0 Å². The maximum absolute atomic E-state index is 11.1. The summed E-state index contributed by atoms with van der Waals surface area (Å²) in [5, 5.41) is 78.0. The van der Waals surface area contributed by atoms with Crippen LogP contribution >= 0.6 is 0 Å². The number of fused-ring (bicyclic) bond motifs is 2. The monoisotopic (exact) mass is 452 g/mol. The molecular weight excluding hydrogens is 428 g/mol. The summed E-state index contributed by atoms with van der Waals surface area (Å²) in [5.41, 5.74) is 1.26. The van der Waals surface area contributed by atoms with Gasteiger partial charge in [0, 0.05) is 24.5 Å². The maximum atomic E-state index is 11.1. The lowest BCUT2D eigenvalue weighted by atomic mass is 9.96. The molecule has 9 nitrogen and oxygen atoms in total. The van der Waals surface area contributed by atoms with E-state index >= 15 is 0 Å². The van der Waals surface area contributed by atoms with Crippen molar-refractivity contribution in [2.45, 2.75) is 6.42 Å². The van der Waals surface area contributed by atoms with Crippen molar-refractivity contribution >= 4 is 32.9 Å². The summed E-state index contributed by atoms with van der Waals surface area (Å²) in [7, 11) is 0. The van der Waals surface area contributed by atoms with Crippen molar-refractivity contribution in [1.29, 1.82) is 0 Å². The molecule has 0 unspecified atom stereocenters.